The number of hydrogen-bond acceptors (Lipinski definition) is 6. The second-order valence-electron chi connectivity index (χ2n) is 6.05. The summed E-state index contributed by atoms with van der Waals surface area (Å²) in [5.41, 5.74) is 1.12. The molecule has 152 valence electrons. The van der Waals surface area contributed by atoms with E-state index in [9.17, 15) is 13.2 Å². The lowest BCUT2D eigenvalue weighted by Gasteiger charge is -2.17. The van der Waals surface area contributed by atoms with Gasteiger partial charge in [0.2, 0.25) is 15.9 Å². The van der Waals surface area contributed by atoms with Gasteiger partial charge < -0.3 is 19.5 Å². The van der Waals surface area contributed by atoms with Gasteiger partial charge in [0.1, 0.15) is 22.1 Å². The van der Waals surface area contributed by atoms with Crippen LogP contribution in [0.25, 0.3) is 0 Å². The van der Waals surface area contributed by atoms with Crippen LogP contribution >= 0.6 is 0 Å². The number of methoxy groups -OCH3 is 3. The summed E-state index contributed by atoms with van der Waals surface area (Å²) < 4.78 is 43.3. The monoisotopic (exact) mass is 408 g/mol. The van der Waals surface area contributed by atoms with Gasteiger partial charge in [0.25, 0.3) is 0 Å². The molecule has 0 saturated carbocycles. The first-order chi connectivity index (χ1) is 13.2. The Labute approximate surface area is 164 Å². The summed E-state index contributed by atoms with van der Waals surface area (Å²) in [6.07, 6.45) is 0. The first kappa shape index (κ1) is 21.5. The number of sulfonamides is 1. The number of carbonyl (C=O) groups excluding carboxylic acids is 1. The smallest absolute Gasteiger partial charge is 0.244 e. The Hall–Kier alpha value is -2.78. The van der Waals surface area contributed by atoms with E-state index in [1.165, 1.54) is 34.3 Å². The molecule has 0 spiro atoms. The molecule has 0 fully saturated rings. The predicted octanol–water partition coefficient (Wildman–Crippen LogP) is 2.33. The molecule has 0 aromatic heterocycles. The molecule has 28 heavy (non-hydrogen) atoms. The number of amides is 1. The van der Waals surface area contributed by atoms with Crippen LogP contribution in [0.4, 0.5) is 5.69 Å². The quantitative estimate of drug-likeness (QED) is 0.695. The summed E-state index contributed by atoms with van der Waals surface area (Å²) in [6, 6.07) is 8.65. The molecule has 1 amide bonds. The molecule has 1 atom stereocenters. The zero-order chi connectivity index (χ0) is 20.9. The van der Waals surface area contributed by atoms with Gasteiger partial charge in [0.05, 0.1) is 33.1 Å². The number of ether oxygens (including phenoxy) is 3. The Balaban J connectivity index is 2.22. The lowest BCUT2D eigenvalue weighted by atomic mass is 10.2. The average molecular weight is 408 g/mol. The zero-order valence-electron chi connectivity index (χ0n) is 16.4. The Kier molecular flexibility index (Phi) is 6.87. The van der Waals surface area contributed by atoms with Crippen LogP contribution in [0.15, 0.2) is 41.3 Å². The van der Waals surface area contributed by atoms with Crippen molar-refractivity contribution in [1.82, 2.24) is 4.72 Å². The van der Waals surface area contributed by atoms with Crippen molar-refractivity contribution in [1.29, 1.82) is 0 Å². The number of carbonyl (C=O) groups is 1. The van der Waals surface area contributed by atoms with Gasteiger partial charge in [-0.25, -0.2) is 8.42 Å². The lowest BCUT2D eigenvalue weighted by molar-refractivity contribution is -0.117. The van der Waals surface area contributed by atoms with Gasteiger partial charge in [0.15, 0.2) is 0 Å². The zero-order valence-corrected chi connectivity index (χ0v) is 17.2. The fraction of sp³-hybridized carbons (Fsp3) is 0.316. The third-order valence-corrected chi connectivity index (χ3v) is 5.56. The third kappa shape index (κ3) is 4.93. The fourth-order valence-corrected chi connectivity index (χ4v) is 3.95. The number of anilines is 1. The van der Waals surface area contributed by atoms with Crippen LogP contribution in [0, 0.1) is 6.92 Å². The van der Waals surface area contributed by atoms with Crippen LogP contribution in [0.2, 0.25) is 0 Å². The van der Waals surface area contributed by atoms with Gasteiger partial charge in [-0.15, -0.1) is 0 Å². The molecule has 8 nitrogen and oxygen atoms in total. The van der Waals surface area contributed by atoms with E-state index in [0.29, 0.717) is 17.2 Å². The minimum absolute atomic E-state index is 0.0337. The van der Waals surface area contributed by atoms with Crippen LogP contribution in [-0.2, 0) is 14.8 Å². The van der Waals surface area contributed by atoms with E-state index >= 15 is 0 Å². The highest BCUT2D eigenvalue weighted by atomic mass is 32.2. The van der Waals surface area contributed by atoms with Gasteiger partial charge in [-0.2, -0.15) is 4.72 Å². The summed E-state index contributed by atoms with van der Waals surface area (Å²) in [6.45, 7) is 3.21. The topological polar surface area (TPSA) is 103 Å². The Morgan fingerprint density at radius 1 is 0.964 bits per heavy atom. The highest BCUT2D eigenvalue weighted by Crippen LogP contribution is 2.29. The van der Waals surface area contributed by atoms with E-state index in [0.717, 1.165) is 5.56 Å². The fourth-order valence-electron chi connectivity index (χ4n) is 2.50. The minimum Gasteiger partial charge on any atom is -0.497 e. The van der Waals surface area contributed by atoms with Crippen LogP contribution in [0.3, 0.4) is 0 Å². The standard InChI is InChI=1S/C19H24N2O6S/c1-12-6-8-17(27-5)18(10-12)28(23,24)21-13(2)19(22)20-15-11-14(25-3)7-9-16(15)26-4/h6-11,13,21H,1-5H3,(H,20,22)/t13-/m1/s1. The van der Waals surface area contributed by atoms with E-state index in [1.807, 2.05) is 0 Å². The molecule has 2 aromatic rings. The molecular weight excluding hydrogens is 384 g/mol. The first-order valence-electron chi connectivity index (χ1n) is 8.41. The van der Waals surface area contributed by atoms with Crippen LogP contribution < -0.4 is 24.2 Å². The van der Waals surface area contributed by atoms with Crippen molar-refractivity contribution in [3.05, 3.63) is 42.0 Å². The number of benzene rings is 2. The van der Waals surface area contributed by atoms with Crippen molar-refractivity contribution in [3.8, 4) is 17.2 Å². The van der Waals surface area contributed by atoms with Crippen LogP contribution in [0.1, 0.15) is 12.5 Å². The summed E-state index contributed by atoms with van der Waals surface area (Å²) in [5.74, 6) is 0.584. The molecule has 0 aliphatic carbocycles. The molecule has 2 aromatic carbocycles. The van der Waals surface area contributed by atoms with Crippen molar-refractivity contribution in [2.45, 2.75) is 24.8 Å². The van der Waals surface area contributed by atoms with E-state index in [1.54, 1.807) is 37.3 Å². The molecular formula is C19H24N2O6S. The number of nitrogens with one attached hydrogen (secondary N) is 2. The Morgan fingerprint density at radius 2 is 1.61 bits per heavy atom. The molecule has 0 aliphatic heterocycles. The van der Waals surface area contributed by atoms with Crippen molar-refractivity contribution in [2.24, 2.45) is 0 Å². The maximum Gasteiger partial charge on any atom is 0.244 e. The highest BCUT2D eigenvalue weighted by Gasteiger charge is 2.25. The van der Waals surface area contributed by atoms with Crippen LogP contribution in [0.5, 0.6) is 17.2 Å². The average Bonchev–Trinajstić information content (AvgIpc) is 2.67. The minimum atomic E-state index is -3.98. The Bertz CT molecular complexity index is 959. The second kappa shape index (κ2) is 8.94. The Morgan fingerprint density at radius 3 is 2.21 bits per heavy atom. The van der Waals surface area contributed by atoms with E-state index in [-0.39, 0.29) is 10.6 Å². The summed E-state index contributed by atoms with van der Waals surface area (Å²) in [5, 5.41) is 2.65. The van der Waals surface area contributed by atoms with Crippen molar-refractivity contribution in [2.75, 3.05) is 26.6 Å². The maximum absolute atomic E-state index is 12.7. The summed E-state index contributed by atoms with van der Waals surface area (Å²) in [7, 11) is 0.367. The molecule has 2 N–H and O–H groups in total. The molecule has 0 heterocycles. The van der Waals surface area contributed by atoms with Gasteiger partial charge in [-0.3, -0.25) is 4.79 Å². The molecule has 9 heteroatoms. The normalized spacial score (nSPS) is 12.2. The molecule has 2 rings (SSSR count). The third-order valence-electron chi connectivity index (χ3n) is 4.00. The van der Waals surface area contributed by atoms with Crippen molar-refractivity contribution >= 4 is 21.6 Å². The maximum atomic E-state index is 12.7. The van der Waals surface area contributed by atoms with E-state index in [2.05, 4.69) is 10.0 Å². The molecule has 0 saturated heterocycles. The van der Waals surface area contributed by atoms with Gasteiger partial charge in [-0.1, -0.05) is 6.07 Å². The predicted molar refractivity (Wildman–Crippen MR) is 106 cm³/mol. The molecule has 0 radical (unpaired) electrons. The van der Waals surface area contributed by atoms with Crippen LogP contribution in [-0.4, -0.2) is 41.7 Å². The number of hydrogen-bond donors (Lipinski definition) is 2. The largest absolute Gasteiger partial charge is 0.497 e. The SMILES string of the molecule is COc1ccc(OC)c(NC(=O)[C@@H](C)NS(=O)(=O)c2cc(C)ccc2OC)c1. The first-order valence-corrected chi connectivity index (χ1v) is 9.90. The summed E-state index contributed by atoms with van der Waals surface area (Å²) in [4.78, 5) is 12.5. The molecule has 0 unspecified atom stereocenters. The number of rotatable bonds is 8. The van der Waals surface area contributed by atoms with E-state index < -0.39 is 22.0 Å². The second-order valence-corrected chi connectivity index (χ2v) is 7.74. The van der Waals surface area contributed by atoms with Crippen molar-refractivity contribution < 1.29 is 27.4 Å². The highest BCUT2D eigenvalue weighted by molar-refractivity contribution is 7.89. The number of aryl methyl sites for hydroxylation is 1. The van der Waals surface area contributed by atoms with Gasteiger partial charge >= 0.3 is 0 Å². The van der Waals surface area contributed by atoms with Gasteiger partial charge in [-0.05, 0) is 43.7 Å². The van der Waals surface area contributed by atoms with E-state index in [4.69, 9.17) is 14.2 Å². The van der Waals surface area contributed by atoms with Gasteiger partial charge in [0, 0.05) is 6.07 Å². The molecule has 0 bridgehead atoms. The summed E-state index contributed by atoms with van der Waals surface area (Å²) >= 11 is 0. The van der Waals surface area contributed by atoms with Crippen molar-refractivity contribution in [3.63, 3.8) is 0 Å². The molecule has 0 aliphatic rings. The lowest BCUT2D eigenvalue weighted by Crippen LogP contribution is -2.41.